The predicted octanol–water partition coefficient (Wildman–Crippen LogP) is 4.53. The molecule has 0 saturated heterocycles. The van der Waals surface area contributed by atoms with E-state index >= 15 is 0 Å². The van der Waals surface area contributed by atoms with Gasteiger partial charge in [-0.15, -0.1) is 0 Å². The molecule has 3 rings (SSSR count). The first-order valence-corrected chi connectivity index (χ1v) is 11.4. The lowest BCUT2D eigenvalue weighted by molar-refractivity contribution is -0.116. The molecule has 0 atom stereocenters. The van der Waals surface area contributed by atoms with Crippen molar-refractivity contribution in [1.82, 2.24) is 10.6 Å². The summed E-state index contributed by atoms with van der Waals surface area (Å²) >= 11 is 0. The SMILES string of the molecule is CNC(=O)/C(C(N)=NCC(C)C)=C(/NCc1ccc(-c2ccccc2)cc1)Nc1ccccc1. The Balaban J connectivity index is 1.90. The third kappa shape index (κ3) is 6.97. The van der Waals surface area contributed by atoms with E-state index < -0.39 is 0 Å². The van der Waals surface area contributed by atoms with Crippen LogP contribution in [0.25, 0.3) is 11.1 Å². The molecule has 0 unspecified atom stereocenters. The molecule has 0 aliphatic heterocycles. The Hall–Kier alpha value is -4.06. The van der Waals surface area contributed by atoms with Crippen LogP contribution in [0, 0.1) is 5.92 Å². The number of anilines is 1. The zero-order chi connectivity index (χ0) is 24.3. The molecule has 0 bridgehead atoms. The molecule has 0 radical (unpaired) electrons. The molecule has 6 heteroatoms. The van der Waals surface area contributed by atoms with Gasteiger partial charge < -0.3 is 21.7 Å². The highest BCUT2D eigenvalue weighted by atomic mass is 16.1. The first kappa shape index (κ1) is 24.6. The number of carbonyl (C=O) groups is 1. The van der Waals surface area contributed by atoms with E-state index in [0.717, 1.165) is 16.8 Å². The van der Waals surface area contributed by atoms with Gasteiger partial charge in [0.15, 0.2) is 0 Å². The largest absolute Gasteiger partial charge is 0.383 e. The Morgan fingerprint density at radius 2 is 1.47 bits per heavy atom. The van der Waals surface area contributed by atoms with Gasteiger partial charge in [0.05, 0.1) is 0 Å². The molecule has 176 valence electrons. The number of hydrogen-bond donors (Lipinski definition) is 4. The summed E-state index contributed by atoms with van der Waals surface area (Å²) in [4.78, 5) is 17.3. The summed E-state index contributed by atoms with van der Waals surface area (Å²) in [5.41, 5.74) is 10.8. The number of likely N-dealkylation sites (N-methyl/N-ethyl adjacent to an activating group) is 1. The molecule has 34 heavy (non-hydrogen) atoms. The number of amides is 1. The lowest BCUT2D eigenvalue weighted by Gasteiger charge is -2.19. The van der Waals surface area contributed by atoms with Gasteiger partial charge in [0.25, 0.3) is 5.91 Å². The summed E-state index contributed by atoms with van der Waals surface area (Å²) in [7, 11) is 1.58. The van der Waals surface area contributed by atoms with Crippen molar-refractivity contribution < 1.29 is 4.79 Å². The molecule has 5 N–H and O–H groups in total. The van der Waals surface area contributed by atoms with Crippen LogP contribution in [0.1, 0.15) is 19.4 Å². The molecule has 1 amide bonds. The minimum atomic E-state index is -0.310. The number of rotatable bonds is 10. The average molecular weight is 456 g/mol. The summed E-state index contributed by atoms with van der Waals surface area (Å²) in [6, 6.07) is 28.2. The number of carbonyl (C=O) groups excluding carboxylic acids is 1. The summed E-state index contributed by atoms with van der Waals surface area (Å²) in [6.07, 6.45) is 0. The number of hydrogen-bond acceptors (Lipinski definition) is 4. The molecular formula is C28H33N5O. The maximum atomic E-state index is 12.8. The normalized spacial score (nSPS) is 12.2. The fraction of sp³-hybridized carbons (Fsp3) is 0.214. The van der Waals surface area contributed by atoms with Gasteiger partial charge in [0, 0.05) is 25.8 Å². The van der Waals surface area contributed by atoms with Crippen LogP contribution >= 0.6 is 0 Å². The monoisotopic (exact) mass is 455 g/mol. The number of nitrogens with one attached hydrogen (secondary N) is 3. The number of aliphatic imine (C=N–C) groups is 1. The quantitative estimate of drug-likeness (QED) is 0.205. The van der Waals surface area contributed by atoms with Gasteiger partial charge in [0.2, 0.25) is 0 Å². The second kappa shape index (κ2) is 12.3. The Morgan fingerprint density at radius 3 is 2.06 bits per heavy atom. The van der Waals surface area contributed by atoms with Crippen molar-refractivity contribution in [1.29, 1.82) is 0 Å². The average Bonchev–Trinajstić information content (AvgIpc) is 2.87. The number of nitrogens with zero attached hydrogens (tertiary/aromatic N) is 1. The van der Waals surface area contributed by atoms with Gasteiger partial charge >= 0.3 is 0 Å². The van der Waals surface area contributed by atoms with Gasteiger partial charge in [-0.25, -0.2) is 0 Å². The molecule has 0 spiro atoms. The van der Waals surface area contributed by atoms with E-state index in [1.807, 2.05) is 48.5 Å². The maximum Gasteiger partial charge on any atom is 0.258 e. The molecule has 3 aromatic rings. The first-order chi connectivity index (χ1) is 16.5. The van der Waals surface area contributed by atoms with Crippen molar-refractivity contribution >= 4 is 17.4 Å². The topological polar surface area (TPSA) is 91.5 Å². The van der Waals surface area contributed by atoms with Gasteiger partial charge in [-0.1, -0.05) is 86.6 Å². The van der Waals surface area contributed by atoms with Crippen LogP contribution < -0.4 is 21.7 Å². The van der Waals surface area contributed by atoms with E-state index in [9.17, 15) is 4.79 Å². The third-order valence-electron chi connectivity index (χ3n) is 5.16. The zero-order valence-corrected chi connectivity index (χ0v) is 20.0. The molecule has 3 aromatic carbocycles. The minimum absolute atomic E-state index is 0.193. The van der Waals surface area contributed by atoms with E-state index in [-0.39, 0.29) is 17.3 Å². The van der Waals surface area contributed by atoms with Gasteiger partial charge in [-0.3, -0.25) is 9.79 Å². The minimum Gasteiger partial charge on any atom is -0.383 e. The predicted molar refractivity (Wildman–Crippen MR) is 141 cm³/mol. The van der Waals surface area contributed by atoms with Gasteiger partial charge in [-0.2, -0.15) is 0 Å². The van der Waals surface area contributed by atoms with Crippen LogP contribution in [-0.2, 0) is 11.3 Å². The van der Waals surface area contributed by atoms with Gasteiger partial charge in [0.1, 0.15) is 17.2 Å². The summed E-state index contributed by atoms with van der Waals surface area (Å²) < 4.78 is 0. The fourth-order valence-electron chi connectivity index (χ4n) is 3.34. The standard InChI is InChI=1S/C28H33N5O/c1-20(2)18-31-26(29)25(28(34)30-3)27(33-24-12-8-5-9-13-24)32-19-21-14-16-23(17-15-21)22-10-6-4-7-11-22/h4-17,20,32-33H,18-19H2,1-3H3,(H2,29,31)(H,30,34)/b27-25-. The molecule has 0 saturated carbocycles. The van der Waals surface area contributed by atoms with E-state index in [2.05, 4.69) is 71.2 Å². The van der Waals surface area contributed by atoms with Crippen molar-refractivity contribution in [2.75, 3.05) is 18.9 Å². The second-order valence-corrected chi connectivity index (χ2v) is 8.36. The molecule has 0 aromatic heterocycles. The van der Waals surface area contributed by atoms with Crippen LogP contribution in [0.2, 0.25) is 0 Å². The molecule has 0 aliphatic carbocycles. The highest BCUT2D eigenvalue weighted by molar-refractivity contribution is 6.20. The number of nitrogens with two attached hydrogens (primary N) is 1. The summed E-state index contributed by atoms with van der Waals surface area (Å²) in [5, 5.41) is 9.38. The maximum absolute atomic E-state index is 12.8. The Bertz CT molecular complexity index is 1120. The van der Waals surface area contributed by atoms with E-state index in [1.165, 1.54) is 5.56 Å². The highest BCUT2D eigenvalue weighted by Gasteiger charge is 2.19. The van der Waals surface area contributed by atoms with Crippen LogP contribution in [0.3, 0.4) is 0 Å². The van der Waals surface area contributed by atoms with E-state index in [0.29, 0.717) is 24.8 Å². The van der Waals surface area contributed by atoms with Crippen molar-refractivity contribution in [3.05, 3.63) is 102 Å². The number of benzene rings is 3. The number of amidine groups is 1. The van der Waals surface area contributed by atoms with Gasteiger partial charge in [-0.05, 0) is 34.7 Å². The molecule has 0 aliphatic rings. The smallest absolute Gasteiger partial charge is 0.258 e. The first-order valence-electron chi connectivity index (χ1n) is 11.4. The molecule has 6 nitrogen and oxygen atoms in total. The lowest BCUT2D eigenvalue weighted by atomic mass is 10.0. The van der Waals surface area contributed by atoms with Crippen molar-refractivity contribution in [2.24, 2.45) is 16.6 Å². The summed E-state index contributed by atoms with van der Waals surface area (Å²) in [5.74, 6) is 0.711. The van der Waals surface area contributed by atoms with Crippen LogP contribution in [0.15, 0.2) is 101 Å². The number of para-hydroxylation sites is 1. The highest BCUT2D eigenvalue weighted by Crippen LogP contribution is 2.19. The summed E-state index contributed by atoms with van der Waals surface area (Å²) in [6.45, 7) is 5.15. The zero-order valence-electron chi connectivity index (χ0n) is 20.0. The molecular weight excluding hydrogens is 422 g/mol. The fourth-order valence-corrected chi connectivity index (χ4v) is 3.34. The van der Waals surface area contributed by atoms with Crippen molar-refractivity contribution in [3.8, 4) is 11.1 Å². The van der Waals surface area contributed by atoms with Crippen LogP contribution in [-0.4, -0.2) is 25.3 Å². The second-order valence-electron chi connectivity index (χ2n) is 8.36. The molecule has 0 heterocycles. The Morgan fingerprint density at radius 1 is 0.882 bits per heavy atom. The lowest BCUT2D eigenvalue weighted by Crippen LogP contribution is -2.36. The third-order valence-corrected chi connectivity index (χ3v) is 5.16. The van der Waals surface area contributed by atoms with E-state index in [1.54, 1.807) is 7.05 Å². The Labute approximate surface area is 202 Å². The van der Waals surface area contributed by atoms with E-state index in [4.69, 9.17) is 5.73 Å². The molecule has 0 fully saturated rings. The van der Waals surface area contributed by atoms with Crippen molar-refractivity contribution in [3.63, 3.8) is 0 Å². The van der Waals surface area contributed by atoms with Crippen molar-refractivity contribution in [2.45, 2.75) is 20.4 Å². The van der Waals surface area contributed by atoms with Crippen LogP contribution in [0.4, 0.5) is 5.69 Å². The van der Waals surface area contributed by atoms with Crippen LogP contribution in [0.5, 0.6) is 0 Å². The Kier molecular flexibility index (Phi) is 8.86.